The van der Waals surface area contributed by atoms with Crippen molar-refractivity contribution in [3.63, 3.8) is 0 Å². The van der Waals surface area contributed by atoms with Gasteiger partial charge >= 0.3 is 0 Å². The fourth-order valence-electron chi connectivity index (χ4n) is 2.46. The summed E-state index contributed by atoms with van der Waals surface area (Å²) in [6, 6.07) is 0.574. The van der Waals surface area contributed by atoms with Gasteiger partial charge in [0.15, 0.2) is 0 Å². The summed E-state index contributed by atoms with van der Waals surface area (Å²) in [5, 5.41) is 3.65. The zero-order valence-corrected chi connectivity index (χ0v) is 14.9. The zero-order chi connectivity index (χ0) is 15.4. The van der Waals surface area contributed by atoms with E-state index in [9.17, 15) is 0 Å². The fourth-order valence-corrected chi connectivity index (χ4v) is 2.46. The summed E-state index contributed by atoms with van der Waals surface area (Å²) in [7, 11) is 0. The molecule has 0 saturated heterocycles. The second kappa shape index (κ2) is 11.6. The standard InChI is InChI=1S/C18H39NO/c1-7-9-11-18(8-2,15-19-17(5)6)12-14-20-13-10-16(3)4/h16-17,19H,7-15H2,1-6H3. The topological polar surface area (TPSA) is 21.3 Å². The van der Waals surface area contributed by atoms with Crippen molar-refractivity contribution in [1.29, 1.82) is 0 Å². The third-order valence-electron chi connectivity index (χ3n) is 4.31. The van der Waals surface area contributed by atoms with E-state index in [2.05, 4.69) is 46.9 Å². The summed E-state index contributed by atoms with van der Waals surface area (Å²) >= 11 is 0. The minimum atomic E-state index is 0.429. The molecule has 1 N–H and O–H groups in total. The summed E-state index contributed by atoms with van der Waals surface area (Å²) in [5.41, 5.74) is 0.429. The van der Waals surface area contributed by atoms with Crippen LogP contribution >= 0.6 is 0 Å². The summed E-state index contributed by atoms with van der Waals surface area (Å²) in [6.45, 7) is 16.6. The van der Waals surface area contributed by atoms with Gasteiger partial charge < -0.3 is 10.1 Å². The van der Waals surface area contributed by atoms with E-state index < -0.39 is 0 Å². The lowest BCUT2D eigenvalue weighted by Gasteiger charge is -2.34. The Morgan fingerprint density at radius 3 is 2.20 bits per heavy atom. The molecular formula is C18H39NO. The number of nitrogens with one attached hydrogen (secondary N) is 1. The van der Waals surface area contributed by atoms with E-state index in [1.165, 1.54) is 38.5 Å². The summed E-state index contributed by atoms with van der Waals surface area (Å²) in [5.74, 6) is 0.744. The molecule has 0 bridgehead atoms. The Labute approximate surface area is 128 Å². The van der Waals surface area contributed by atoms with Gasteiger partial charge in [-0.2, -0.15) is 0 Å². The fraction of sp³-hybridized carbons (Fsp3) is 1.00. The maximum atomic E-state index is 5.86. The SMILES string of the molecule is CCCCC(CC)(CCOCCC(C)C)CNC(C)C. The molecule has 122 valence electrons. The molecule has 0 aromatic rings. The molecule has 0 aliphatic carbocycles. The molecular weight excluding hydrogens is 246 g/mol. The van der Waals surface area contributed by atoms with Crippen LogP contribution < -0.4 is 5.32 Å². The van der Waals surface area contributed by atoms with Gasteiger partial charge in [0.05, 0.1) is 0 Å². The maximum absolute atomic E-state index is 5.86. The summed E-state index contributed by atoms with van der Waals surface area (Å²) in [6.07, 6.45) is 7.57. The van der Waals surface area contributed by atoms with Gasteiger partial charge in [-0.15, -0.1) is 0 Å². The van der Waals surface area contributed by atoms with Gasteiger partial charge in [-0.05, 0) is 37.0 Å². The predicted octanol–water partition coefficient (Wildman–Crippen LogP) is 5.02. The van der Waals surface area contributed by atoms with Crippen molar-refractivity contribution in [2.45, 2.75) is 86.1 Å². The van der Waals surface area contributed by atoms with Gasteiger partial charge in [0.25, 0.3) is 0 Å². The molecule has 0 radical (unpaired) electrons. The van der Waals surface area contributed by atoms with Gasteiger partial charge in [0.2, 0.25) is 0 Å². The first kappa shape index (κ1) is 19.9. The molecule has 0 heterocycles. The molecule has 0 aliphatic rings. The van der Waals surface area contributed by atoms with E-state index >= 15 is 0 Å². The maximum Gasteiger partial charge on any atom is 0.0471 e. The molecule has 0 aromatic heterocycles. The predicted molar refractivity (Wildman–Crippen MR) is 90.3 cm³/mol. The second-order valence-corrected chi connectivity index (χ2v) is 7.04. The summed E-state index contributed by atoms with van der Waals surface area (Å²) in [4.78, 5) is 0. The van der Waals surface area contributed by atoms with Gasteiger partial charge in [-0.3, -0.25) is 0 Å². The Morgan fingerprint density at radius 1 is 1.00 bits per heavy atom. The largest absolute Gasteiger partial charge is 0.381 e. The van der Waals surface area contributed by atoms with Crippen LogP contribution in [0.2, 0.25) is 0 Å². The van der Waals surface area contributed by atoms with Crippen LogP contribution in [0.5, 0.6) is 0 Å². The highest BCUT2D eigenvalue weighted by atomic mass is 16.5. The molecule has 1 unspecified atom stereocenters. The minimum Gasteiger partial charge on any atom is -0.381 e. The highest BCUT2D eigenvalue weighted by Gasteiger charge is 2.27. The minimum absolute atomic E-state index is 0.429. The van der Waals surface area contributed by atoms with Crippen molar-refractivity contribution >= 4 is 0 Å². The molecule has 0 aromatic carbocycles. The van der Waals surface area contributed by atoms with Crippen molar-refractivity contribution < 1.29 is 4.74 Å². The van der Waals surface area contributed by atoms with E-state index in [4.69, 9.17) is 4.74 Å². The molecule has 0 spiro atoms. The number of hydrogen-bond donors (Lipinski definition) is 1. The Kier molecular flexibility index (Phi) is 11.5. The summed E-state index contributed by atoms with van der Waals surface area (Å²) < 4.78 is 5.86. The van der Waals surface area contributed by atoms with Crippen molar-refractivity contribution in [1.82, 2.24) is 5.32 Å². The highest BCUT2D eigenvalue weighted by Crippen LogP contribution is 2.32. The first-order chi connectivity index (χ1) is 9.45. The van der Waals surface area contributed by atoms with Crippen LogP contribution in [-0.4, -0.2) is 25.8 Å². The second-order valence-electron chi connectivity index (χ2n) is 7.04. The molecule has 0 rings (SSSR count). The van der Waals surface area contributed by atoms with Crippen LogP contribution in [-0.2, 0) is 4.74 Å². The normalized spacial score (nSPS) is 15.0. The van der Waals surface area contributed by atoms with E-state index in [0.29, 0.717) is 11.5 Å². The average molecular weight is 286 g/mol. The lowest BCUT2D eigenvalue weighted by Crippen LogP contribution is -2.38. The molecule has 20 heavy (non-hydrogen) atoms. The highest BCUT2D eigenvalue weighted by molar-refractivity contribution is 4.81. The van der Waals surface area contributed by atoms with E-state index in [1.54, 1.807) is 0 Å². The molecule has 1 atom stereocenters. The molecule has 2 heteroatoms. The molecule has 2 nitrogen and oxygen atoms in total. The zero-order valence-electron chi connectivity index (χ0n) is 14.9. The molecule has 0 fully saturated rings. The van der Waals surface area contributed by atoms with Gasteiger partial charge in [0.1, 0.15) is 0 Å². The molecule has 0 aliphatic heterocycles. The van der Waals surface area contributed by atoms with Crippen LogP contribution in [0.25, 0.3) is 0 Å². The number of hydrogen-bond acceptors (Lipinski definition) is 2. The monoisotopic (exact) mass is 285 g/mol. The smallest absolute Gasteiger partial charge is 0.0471 e. The van der Waals surface area contributed by atoms with Crippen molar-refractivity contribution in [2.75, 3.05) is 19.8 Å². The first-order valence-corrected chi connectivity index (χ1v) is 8.77. The van der Waals surface area contributed by atoms with Crippen LogP contribution in [0.4, 0.5) is 0 Å². The Hall–Kier alpha value is -0.0800. The number of ether oxygens (including phenoxy) is 1. The van der Waals surface area contributed by atoms with E-state index in [1.807, 2.05) is 0 Å². The molecule has 0 amide bonds. The average Bonchev–Trinajstić information content (AvgIpc) is 2.40. The van der Waals surface area contributed by atoms with Crippen molar-refractivity contribution in [3.8, 4) is 0 Å². The van der Waals surface area contributed by atoms with Gasteiger partial charge in [0, 0.05) is 25.8 Å². The quantitative estimate of drug-likeness (QED) is 0.480. The van der Waals surface area contributed by atoms with E-state index in [0.717, 1.165) is 25.7 Å². The Bertz CT molecular complexity index is 215. The van der Waals surface area contributed by atoms with Gasteiger partial charge in [-0.25, -0.2) is 0 Å². The Balaban J connectivity index is 4.20. The number of rotatable bonds is 13. The lowest BCUT2D eigenvalue weighted by molar-refractivity contribution is 0.0778. The lowest BCUT2D eigenvalue weighted by atomic mass is 9.77. The first-order valence-electron chi connectivity index (χ1n) is 8.77. The van der Waals surface area contributed by atoms with Crippen LogP contribution in [0.3, 0.4) is 0 Å². The van der Waals surface area contributed by atoms with Gasteiger partial charge in [-0.1, -0.05) is 54.4 Å². The van der Waals surface area contributed by atoms with Crippen LogP contribution in [0.1, 0.15) is 80.1 Å². The van der Waals surface area contributed by atoms with Crippen LogP contribution in [0, 0.1) is 11.3 Å². The van der Waals surface area contributed by atoms with Crippen LogP contribution in [0.15, 0.2) is 0 Å². The van der Waals surface area contributed by atoms with E-state index in [-0.39, 0.29) is 0 Å². The third-order valence-corrected chi connectivity index (χ3v) is 4.31. The van der Waals surface area contributed by atoms with Crippen molar-refractivity contribution in [2.24, 2.45) is 11.3 Å². The molecule has 0 saturated carbocycles. The number of unbranched alkanes of at least 4 members (excludes halogenated alkanes) is 1. The third kappa shape index (κ3) is 9.77. The van der Waals surface area contributed by atoms with Crippen molar-refractivity contribution in [3.05, 3.63) is 0 Å². The Morgan fingerprint density at radius 2 is 1.70 bits per heavy atom.